The SMILES string of the molecule is CCOC(=O)C1=C(O)/C(=C\c2cccc(OC)c2)SC1=Nc1ccc(OC)cc1. The van der Waals surface area contributed by atoms with Crippen LogP contribution in [0.4, 0.5) is 5.69 Å². The number of hydrogen-bond donors (Lipinski definition) is 1. The zero-order valence-electron chi connectivity index (χ0n) is 16.3. The van der Waals surface area contributed by atoms with Crippen LogP contribution in [0.1, 0.15) is 12.5 Å². The third-order valence-corrected chi connectivity index (χ3v) is 5.08. The van der Waals surface area contributed by atoms with Crippen molar-refractivity contribution in [2.75, 3.05) is 20.8 Å². The Morgan fingerprint density at radius 2 is 1.83 bits per heavy atom. The number of aliphatic hydroxyl groups is 1. The van der Waals surface area contributed by atoms with Crippen LogP contribution in [0.5, 0.6) is 11.5 Å². The van der Waals surface area contributed by atoms with Gasteiger partial charge >= 0.3 is 5.97 Å². The van der Waals surface area contributed by atoms with E-state index in [9.17, 15) is 9.90 Å². The summed E-state index contributed by atoms with van der Waals surface area (Å²) in [5.41, 5.74) is 1.51. The monoisotopic (exact) mass is 411 g/mol. The summed E-state index contributed by atoms with van der Waals surface area (Å²) in [6.07, 6.45) is 1.78. The van der Waals surface area contributed by atoms with Crippen molar-refractivity contribution in [2.45, 2.75) is 6.92 Å². The normalized spacial score (nSPS) is 16.4. The van der Waals surface area contributed by atoms with Crippen molar-refractivity contribution in [3.8, 4) is 11.5 Å². The van der Waals surface area contributed by atoms with Crippen LogP contribution in [0.15, 0.2) is 69.8 Å². The first-order chi connectivity index (χ1) is 14.0. The van der Waals surface area contributed by atoms with Gasteiger partial charge in [0.05, 0.1) is 31.4 Å². The Labute approximate surface area is 173 Å². The van der Waals surface area contributed by atoms with E-state index in [2.05, 4.69) is 4.99 Å². The number of aliphatic imine (C=N–C) groups is 1. The van der Waals surface area contributed by atoms with Crippen LogP contribution in [0.3, 0.4) is 0 Å². The second kappa shape index (κ2) is 9.34. The molecule has 7 heteroatoms. The summed E-state index contributed by atoms with van der Waals surface area (Å²) in [6.45, 7) is 1.91. The van der Waals surface area contributed by atoms with Crippen molar-refractivity contribution in [1.82, 2.24) is 0 Å². The van der Waals surface area contributed by atoms with Gasteiger partial charge < -0.3 is 19.3 Å². The van der Waals surface area contributed by atoms with E-state index in [0.29, 0.717) is 27.1 Å². The molecule has 0 aromatic heterocycles. The number of aliphatic hydroxyl groups excluding tert-OH is 1. The minimum Gasteiger partial charge on any atom is -0.506 e. The number of thioether (sulfide) groups is 1. The molecule has 3 rings (SSSR count). The average Bonchev–Trinajstić information content (AvgIpc) is 3.03. The Hall–Kier alpha value is -3.19. The fourth-order valence-corrected chi connectivity index (χ4v) is 3.68. The van der Waals surface area contributed by atoms with Gasteiger partial charge in [-0.05, 0) is 55.0 Å². The van der Waals surface area contributed by atoms with E-state index in [1.807, 2.05) is 24.3 Å². The number of methoxy groups -OCH3 is 2. The number of benzene rings is 2. The first-order valence-electron chi connectivity index (χ1n) is 8.93. The molecule has 0 atom stereocenters. The van der Waals surface area contributed by atoms with Gasteiger partial charge in [0.15, 0.2) is 0 Å². The third kappa shape index (κ3) is 4.81. The first-order valence-corrected chi connectivity index (χ1v) is 9.74. The van der Waals surface area contributed by atoms with Crippen molar-refractivity contribution in [3.63, 3.8) is 0 Å². The number of rotatable bonds is 6. The van der Waals surface area contributed by atoms with Crippen LogP contribution in [-0.4, -0.2) is 36.9 Å². The van der Waals surface area contributed by atoms with Crippen LogP contribution in [0.25, 0.3) is 6.08 Å². The molecule has 0 radical (unpaired) electrons. The standard InChI is InChI=1S/C22H21NO5S/c1-4-28-22(25)19-20(24)18(13-14-6-5-7-17(12-14)27-3)29-21(19)23-15-8-10-16(26-2)11-9-15/h5-13,24H,4H2,1-3H3/b18-13+,23-21?. The Balaban J connectivity index is 2.01. The number of esters is 1. The van der Waals surface area contributed by atoms with Crippen molar-refractivity contribution in [2.24, 2.45) is 4.99 Å². The number of carbonyl (C=O) groups is 1. The largest absolute Gasteiger partial charge is 0.506 e. The molecule has 0 aliphatic carbocycles. The molecule has 1 heterocycles. The number of ether oxygens (including phenoxy) is 3. The summed E-state index contributed by atoms with van der Waals surface area (Å²) in [5, 5.41) is 11.1. The summed E-state index contributed by atoms with van der Waals surface area (Å²) in [6, 6.07) is 14.5. The van der Waals surface area contributed by atoms with Crippen molar-refractivity contribution >= 4 is 34.5 Å². The highest BCUT2D eigenvalue weighted by atomic mass is 32.2. The predicted molar refractivity (Wildman–Crippen MR) is 115 cm³/mol. The Morgan fingerprint density at radius 3 is 2.48 bits per heavy atom. The molecule has 1 N–H and O–H groups in total. The van der Waals surface area contributed by atoms with Gasteiger partial charge in [0.25, 0.3) is 0 Å². The highest BCUT2D eigenvalue weighted by Gasteiger charge is 2.33. The van der Waals surface area contributed by atoms with E-state index in [4.69, 9.17) is 14.2 Å². The summed E-state index contributed by atoms with van der Waals surface area (Å²) >= 11 is 1.21. The maximum absolute atomic E-state index is 12.5. The van der Waals surface area contributed by atoms with E-state index >= 15 is 0 Å². The minimum atomic E-state index is -0.612. The van der Waals surface area contributed by atoms with Gasteiger partial charge in [0, 0.05) is 0 Å². The van der Waals surface area contributed by atoms with E-state index in [-0.39, 0.29) is 17.9 Å². The lowest BCUT2D eigenvalue weighted by atomic mass is 10.1. The maximum atomic E-state index is 12.5. The van der Waals surface area contributed by atoms with Crippen LogP contribution in [0, 0.1) is 0 Å². The van der Waals surface area contributed by atoms with E-state index in [0.717, 1.165) is 5.56 Å². The van der Waals surface area contributed by atoms with Crippen LogP contribution < -0.4 is 9.47 Å². The highest BCUT2D eigenvalue weighted by Crippen LogP contribution is 2.40. The minimum absolute atomic E-state index is 0.0572. The quantitative estimate of drug-likeness (QED) is 0.682. The summed E-state index contributed by atoms with van der Waals surface area (Å²) in [7, 11) is 3.18. The molecular weight excluding hydrogens is 390 g/mol. The molecule has 2 aromatic carbocycles. The number of hydrogen-bond acceptors (Lipinski definition) is 7. The second-order valence-electron chi connectivity index (χ2n) is 5.95. The van der Waals surface area contributed by atoms with Crippen molar-refractivity contribution < 1.29 is 24.1 Å². The van der Waals surface area contributed by atoms with Crippen LogP contribution >= 0.6 is 11.8 Å². The number of carbonyl (C=O) groups excluding carboxylic acids is 1. The molecule has 0 spiro atoms. The Bertz CT molecular complexity index is 993. The maximum Gasteiger partial charge on any atom is 0.344 e. The number of nitrogens with zero attached hydrogens (tertiary/aromatic N) is 1. The van der Waals surface area contributed by atoms with E-state index < -0.39 is 5.97 Å². The average molecular weight is 411 g/mol. The zero-order chi connectivity index (χ0) is 20.8. The summed E-state index contributed by atoms with van der Waals surface area (Å²) in [5.74, 6) is 0.640. The topological polar surface area (TPSA) is 77.4 Å². The van der Waals surface area contributed by atoms with Gasteiger partial charge in [-0.15, -0.1) is 0 Å². The lowest BCUT2D eigenvalue weighted by molar-refractivity contribution is -0.138. The van der Waals surface area contributed by atoms with Crippen molar-refractivity contribution in [1.29, 1.82) is 0 Å². The van der Waals surface area contributed by atoms with Gasteiger partial charge in [0.1, 0.15) is 27.9 Å². The molecular formula is C22H21NO5S. The van der Waals surface area contributed by atoms with Gasteiger partial charge in [-0.25, -0.2) is 9.79 Å². The lowest BCUT2D eigenvalue weighted by Gasteiger charge is -2.04. The molecule has 0 amide bonds. The first kappa shape index (κ1) is 20.5. The lowest BCUT2D eigenvalue weighted by Crippen LogP contribution is -2.12. The second-order valence-corrected chi connectivity index (χ2v) is 6.98. The highest BCUT2D eigenvalue weighted by molar-refractivity contribution is 8.18. The summed E-state index contributed by atoms with van der Waals surface area (Å²) < 4.78 is 15.5. The predicted octanol–water partition coefficient (Wildman–Crippen LogP) is 4.90. The van der Waals surface area contributed by atoms with Crippen LogP contribution in [0.2, 0.25) is 0 Å². The molecule has 150 valence electrons. The molecule has 0 saturated carbocycles. The van der Waals surface area contributed by atoms with Gasteiger partial charge in [-0.1, -0.05) is 23.9 Å². The summed E-state index contributed by atoms with van der Waals surface area (Å²) in [4.78, 5) is 17.5. The molecule has 1 aliphatic heterocycles. The molecule has 0 saturated heterocycles. The van der Waals surface area contributed by atoms with Crippen molar-refractivity contribution in [3.05, 3.63) is 70.3 Å². The molecule has 6 nitrogen and oxygen atoms in total. The fourth-order valence-electron chi connectivity index (χ4n) is 2.65. The molecule has 2 aromatic rings. The zero-order valence-corrected chi connectivity index (χ0v) is 17.2. The van der Waals surface area contributed by atoms with E-state index in [1.54, 1.807) is 51.5 Å². The fraction of sp³-hybridized carbons (Fsp3) is 0.182. The molecule has 0 bridgehead atoms. The third-order valence-electron chi connectivity index (χ3n) is 4.06. The molecule has 0 unspecified atom stereocenters. The Morgan fingerprint density at radius 1 is 1.10 bits per heavy atom. The molecule has 1 aliphatic rings. The van der Waals surface area contributed by atoms with E-state index in [1.165, 1.54) is 11.8 Å². The van der Waals surface area contributed by atoms with Gasteiger partial charge in [0.2, 0.25) is 0 Å². The molecule has 0 fully saturated rings. The van der Waals surface area contributed by atoms with Crippen LogP contribution in [-0.2, 0) is 9.53 Å². The van der Waals surface area contributed by atoms with Gasteiger partial charge in [-0.3, -0.25) is 0 Å². The smallest absolute Gasteiger partial charge is 0.344 e. The Kier molecular flexibility index (Phi) is 6.61. The molecule has 29 heavy (non-hydrogen) atoms. The van der Waals surface area contributed by atoms with Gasteiger partial charge in [-0.2, -0.15) is 0 Å².